The summed E-state index contributed by atoms with van der Waals surface area (Å²) in [5, 5.41) is 2.40. The van der Waals surface area contributed by atoms with Gasteiger partial charge in [-0.05, 0) is 88.5 Å². The summed E-state index contributed by atoms with van der Waals surface area (Å²) in [5.74, 6) is 5.90. The number of amides is 1. The molecule has 0 spiro atoms. The SMILES string of the molecule is CC#CC(=O)Nc1cc(CCCC2=C(C)CCC(=Nc3ccccc3C(CC)C(C)=O)C(Cl)C=N2)c(OC)cc1OC1COC1. The van der Waals surface area contributed by atoms with Crippen LogP contribution in [0.3, 0.4) is 0 Å². The van der Waals surface area contributed by atoms with Crippen molar-refractivity contribution in [2.45, 2.75) is 83.6 Å². The molecule has 0 radical (unpaired) electrons. The third kappa shape index (κ3) is 9.06. The summed E-state index contributed by atoms with van der Waals surface area (Å²) >= 11 is 6.82. The van der Waals surface area contributed by atoms with E-state index in [1.807, 2.05) is 43.3 Å². The van der Waals surface area contributed by atoms with Crippen LogP contribution in [0.1, 0.15) is 76.8 Å². The van der Waals surface area contributed by atoms with Gasteiger partial charge in [0.15, 0.2) is 0 Å². The van der Waals surface area contributed by atoms with Gasteiger partial charge in [0.05, 0.1) is 31.7 Å². The van der Waals surface area contributed by atoms with E-state index in [0.29, 0.717) is 43.2 Å². The van der Waals surface area contributed by atoms with Crippen molar-refractivity contribution < 1.29 is 23.8 Å². The first-order valence-corrected chi connectivity index (χ1v) is 15.9. The van der Waals surface area contributed by atoms with Crippen molar-refractivity contribution >= 4 is 46.6 Å². The summed E-state index contributed by atoms with van der Waals surface area (Å²) in [4.78, 5) is 34.4. The number of carbonyl (C=O) groups excluding carboxylic acids is 2. The molecule has 8 nitrogen and oxygen atoms in total. The highest BCUT2D eigenvalue weighted by molar-refractivity contribution is 6.40. The molecular weight excluding hydrogens is 590 g/mol. The van der Waals surface area contributed by atoms with Crippen molar-refractivity contribution in [3.63, 3.8) is 0 Å². The van der Waals surface area contributed by atoms with Crippen LogP contribution in [0.25, 0.3) is 0 Å². The number of nitrogens with zero attached hydrogens (tertiary/aromatic N) is 2. The standard InChI is InChI=1S/C36H42ClN3O5/c1-6-11-36(42)40-33-18-25(34(43-5)19-35(33)45-26-21-44-22-26)12-10-15-30-23(3)16-17-32(29(37)20-38-30)39-31-14-9-8-13-28(31)27(7-2)24(4)41/h8-9,13-14,18-20,26-27,29H,7,10,12,15-17,21-22H2,1-5H3,(H,40,42). The number of halogens is 1. The Morgan fingerprint density at radius 2 is 1.96 bits per heavy atom. The van der Waals surface area contributed by atoms with E-state index in [2.05, 4.69) is 24.1 Å². The molecule has 2 aromatic rings. The zero-order valence-corrected chi connectivity index (χ0v) is 27.5. The summed E-state index contributed by atoms with van der Waals surface area (Å²) in [6, 6.07) is 11.5. The van der Waals surface area contributed by atoms with Crippen LogP contribution in [0, 0.1) is 11.8 Å². The molecule has 2 aliphatic heterocycles. The van der Waals surface area contributed by atoms with Gasteiger partial charge in [-0.15, -0.1) is 11.6 Å². The largest absolute Gasteiger partial charge is 0.496 e. The molecule has 2 aliphatic rings. The van der Waals surface area contributed by atoms with E-state index in [1.54, 1.807) is 27.2 Å². The highest BCUT2D eigenvalue weighted by atomic mass is 35.5. The van der Waals surface area contributed by atoms with E-state index in [1.165, 1.54) is 5.57 Å². The number of alkyl halides is 1. The van der Waals surface area contributed by atoms with E-state index < -0.39 is 11.3 Å². The van der Waals surface area contributed by atoms with Gasteiger partial charge in [0.25, 0.3) is 5.91 Å². The van der Waals surface area contributed by atoms with Crippen LogP contribution in [0.5, 0.6) is 11.5 Å². The van der Waals surface area contributed by atoms with Crippen molar-refractivity contribution in [3.8, 4) is 23.3 Å². The number of rotatable bonds is 12. The molecule has 0 aliphatic carbocycles. The van der Waals surface area contributed by atoms with Gasteiger partial charge in [-0.3, -0.25) is 19.6 Å². The number of anilines is 1. The van der Waals surface area contributed by atoms with E-state index in [9.17, 15) is 9.59 Å². The molecule has 2 heterocycles. The quantitative estimate of drug-likeness (QED) is 0.195. The number of aliphatic imine (C=N–C) groups is 2. The molecule has 238 valence electrons. The summed E-state index contributed by atoms with van der Waals surface area (Å²) < 4.78 is 17.0. The van der Waals surface area contributed by atoms with Gasteiger partial charge < -0.3 is 19.5 Å². The minimum absolute atomic E-state index is 0.0691. The number of para-hydroxylation sites is 1. The Morgan fingerprint density at radius 3 is 2.62 bits per heavy atom. The second-order valence-electron chi connectivity index (χ2n) is 11.3. The Balaban J connectivity index is 1.47. The normalized spacial score (nSPS) is 18.3. The molecule has 0 saturated carbocycles. The van der Waals surface area contributed by atoms with Gasteiger partial charge in [0.2, 0.25) is 0 Å². The van der Waals surface area contributed by atoms with E-state index in [0.717, 1.165) is 53.9 Å². The minimum atomic E-state index is -0.454. The third-order valence-corrected chi connectivity index (χ3v) is 8.40. The number of methoxy groups -OCH3 is 1. The number of aryl methyl sites for hydroxylation is 1. The van der Waals surface area contributed by atoms with Gasteiger partial charge in [-0.25, -0.2) is 0 Å². The molecule has 2 aromatic carbocycles. The molecule has 2 atom stereocenters. The van der Waals surface area contributed by atoms with Crippen molar-refractivity contribution in [1.29, 1.82) is 0 Å². The predicted molar refractivity (Wildman–Crippen MR) is 181 cm³/mol. The Kier molecular flexibility index (Phi) is 12.4. The lowest BCUT2D eigenvalue weighted by Crippen LogP contribution is -2.38. The van der Waals surface area contributed by atoms with Crippen LogP contribution < -0.4 is 14.8 Å². The van der Waals surface area contributed by atoms with E-state index in [4.69, 9.17) is 35.8 Å². The van der Waals surface area contributed by atoms with E-state index >= 15 is 0 Å². The maximum Gasteiger partial charge on any atom is 0.300 e. The summed E-state index contributed by atoms with van der Waals surface area (Å²) in [6.07, 6.45) is 6.17. The Morgan fingerprint density at radius 1 is 1.18 bits per heavy atom. The van der Waals surface area contributed by atoms with Crippen LogP contribution in [0.15, 0.2) is 57.7 Å². The van der Waals surface area contributed by atoms with Gasteiger partial charge in [0.1, 0.15) is 28.8 Å². The molecule has 1 amide bonds. The second-order valence-corrected chi connectivity index (χ2v) is 11.7. The first-order chi connectivity index (χ1) is 21.7. The summed E-state index contributed by atoms with van der Waals surface area (Å²) in [6.45, 7) is 8.38. The fraction of sp³-hybridized carbons (Fsp3) is 0.444. The number of carbonyl (C=O) groups is 2. The fourth-order valence-electron chi connectivity index (χ4n) is 5.47. The molecule has 0 aromatic heterocycles. The first-order valence-electron chi connectivity index (χ1n) is 15.5. The predicted octanol–water partition coefficient (Wildman–Crippen LogP) is 7.36. The number of hydrogen-bond acceptors (Lipinski definition) is 7. The van der Waals surface area contributed by atoms with Crippen LogP contribution in [0.4, 0.5) is 11.4 Å². The topological polar surface area (TPSA) is 98.6 Å². The maximum atomic E-state index is 12.3. The average Bonchev–Trinajstić information content (AvgIpc) is 2.99. The van der Waals surface area contributed by atoms with E-state index in [-0.39, 0.29) is 17.8 Å². The first kappa shape index (κ1) is 34.0. The van der Waals surface area contributed by atoms with Crippen LogP contribution in [0.2, 0.25) is 0 Å². The second kappa shape index (κ2) is 16.4. The molecule has 4 rings (SSSR count). The van der Waals surface area contributed by atoms with Crippen molar-refractivity contribution in [2.24, 2.45) is 9.98 Å². The highest BCUT2D eigenvalue weighted by Gasteiger charge is 2.24. The zero-order chi connectivity index (χ0) is 32.3. The molecule has 0 bridgehead atoms. The monoisotopic (exact) mass is 631 g/mol. The average molecular weight is 632 g/mol. The van der Waals surface area contributed by atoms with Gasteiger partial charge in [0, 0.05) is 29.6 Å². The number of Topliss-reactive ketones (excluding diaryl/α,β-unsaturated/α-hetero) is 1. The Bertz CT molecular complexity index is 1550. The lowest BCUT2D eigenvalue weighted by atomic mass is 9.91. The third-order valence-electron chi connectivity index (χ3n) is 8.03. The Labute approximate surface area is 271 Å². The maximum absolute atomic E-state index is 12.3. The Hall–Kier alpha value is -3.93. The molecular formula is C36H42ClN3O5. The van der Waals surface area contributed by atoms with Gasteiger partial charge in [-0.2, -0.15) is 0 Å². The molecule has 1 N–H and O–H groups in total. The van der Waals surface area contributed by atoms with Crippen molar-refractivity contribution in [2.75, 3.05) is 25.6 Å². The van der Waals surface area contributed by atoms with Crippen LogP contribution >= 0.6 is 11.6 Å². The minimum Gasteiger partial charge on any atom is -0.496 e. The number of allylic oxidation sites excluding steroid dienone is 2. The van der Waals surface area contributed by atoms with Gasteiger partial charge >= 0.3 is 0 Å². The van der Waals surface area contributed by atoms with Gasteiger partial charge in [-0.1, -0.05) is 36.6 Å². The summed E-state index contributed by atoms with van der Waals surface area (Å²) in [5.41, 5.74) is 6.27. The smallest absolute Gasteiger partial charge is 0.300 e. The zero-order valence-electron chi connectivity index (χ0n) is 26.7. The fourth-order valence-corrected chi connectivity index (χ4v) is 5.69. The van der Waals surface area contributed by atoms with Crippen LogP contribution in [-0.2, 0) is 20.7 Å². The number of ether oxygens (including phenoxy) is 3. The summed E-state index contributed by atoms with van der Waals surface area (Å²) in [7, 11) is 1.63. The van der Waals surface area contributed by atoms with Crippen molar-refractivity contribution in [1.82, 2.24) is 0 Å². The highest BCUT2D eigenvalue weighted by Crippen LogP contribution is 2.36. The molecule has 45 heavy (non-hydrogen) atoms. The molecule has 1 saturated heterocycles. The number of hydrogen-bond donors (Lipinski definition) is 1. The lowest BCUT2D eigenvalue weighted by Gasteiger charge is -2.28. The molecule has 1 fully saturated rings. The lowest BCUT2D eigenvalue weighted by molar-refractivity contribution is -0.118. The van der Waals surface area contributed by atoms with Crippen molar-refractivity contribution in [3.05, 3.63) is 58.8 Å². The molecule has 9 heteroatoms. The molecule has 2 unspecified atom stereocenters. The number of ketones is 1. The number of benzene rings is 2. The van der Waals surface area contributed by atoms with Crippen LogP contribution in [-0.4, -0.2) is 55.4 Å². The number of nitrogens with one attached hydrogen (secondary N) is 1.